The highest BCUT2D eigenvalue weighted by Gasteiger charge is 2.39. The largest absolute Gasteiger partial charge is 0.336 e. The molecule has 1 saturated heterocycles. The lowest BCUT2D eigenvalue weighted by Crippen LogP contribution is -2.36. The predicted octanol–water partition coefficient (Wildman–Crippen LogP) is 1.37. The number of hydrogen-bond donors (Lipinski definition) is 1. The predicted molar refractivity (Wildman–Crippen MR) is 94.7 cm³/mol. The monoisotopic (exact) mass is 338 g/mol. The number of nitrogens with one attached hydrogen (secondary N) is 1. The fourth-order valence-electron chi connectivity index (χ4n) is 3.71. The van der Waals surface area contributed by atoms with Crippen molar-refractivity contribution in [2.45, 2.75) is 25.0 Å². The first-order valence-electron chi connectivity index (χ1n) is 8.43. The van der Waals surface area contributed by atoms with Crippen LogP contribution >= 0.6 is 0 Å². The summed E-state index contributed by atoms with van der Waals surface area (Å²) in [6, 6.07) is 10.1. The Balaban J connectivity index is 1.57. The Kier molecular flexibility index (Phi) is 3.80. The van der Waals surface area contributed by atoms with Gasteiger partial charge in [0, 0.05) is 39.8 Å². The van der Waals surface area contributed by atoms with Crippen molar-refractivity contribution in [1.29, 1.82) is 0 Å². The number of rotatable bonds is 4. The van der Waals surface area contributed by atoms with Crippen LogP contribution in [-0.2, 0) is 25.4 Å². The van der Waals surface area contributed by atoms with E-state index in [1.807, 2.05) is 55.0 Å². The lowest BCUT2D eigenvalue weighted by molar-refractivity contribution is -0.127. The molecule has 1 fully saturated rings. The average molecular weight is 338 g/mol. The summed E-state index contributed by atoms with van der Waals surface area (Å²) in [4.78, 5) is 18.8. The van der Waals surface area contributed by atoms with E-state index in [0.29, 0.717) is 13.0 Å². The summed E-state index contributed by atoms with van der Waals surface area (Å²) in [6.45, 7) is 0.616. The molecule has 1 aliphatic rings. The Morgan fingerprint density at radius 2 is 2.00 bits per heavy atom. The van der Waals surface area contributed by atoms with E-state index < -0.39 is 0 Å². The number of likely N-dealkylation sites (N-methyl/N-ethyl adjacent to an activating group) is 1. The van der Waals surface area contributed by atoms with Gasteiger partial charge in [-0.2, -0.15) is 5.10 Å². The standard InChI is InChI=1S/C18H22N6O/c1-22-14-7-5-4-6-12(14)21-16(22)11-19-13-10-17(25)23(2)18(13)15-8-9-20-24(15)3/h4-9,13,18-19H,10-11H2,1-3H3/t13-,18-/m1/s1. The van der Waals surface area contributed by atoms with Crippen LogP contribution in [0.4, 0.5) is 0 Å². The first-order chi connectivity index (χ1) is 12.1. The first kappa shape index (κ1) is 15.8. The number of carbonyl (C=O) groups excluding carboxylic acids is 1. The summed E-state index contributed by atoms with van der Waals surface area (Å²) >= 11 is 0. The minimum absolute atomic E-state index is 0.0188. The van der Waals surface area contributed by atoms with E-state index in [-0.39, 0.29) is 18.0 Å². The third-order valence-corrected chi connectivity index (χ3v) is 5.15. The average Bonchev–Trinajstić information content (AvgIpc) is 3.24. The molecule has 2 aromatic heterocycles. The third-order valence-electron chi connectivity index (χ3n) is 5.15. The summed E-state index contributed by atoms with van der Waals surface area (Å²) < 4.78 is 3.94. The molecule has 1 amide bonds. The van der Waals surface area contributed by atoms with Crippen LogP contribution in [-0.4, -0.2) is 43.2 Å². The Morgan fingerprint density at radius 3 is 2.72 bits per heavy atom. The topological polar surface area (TPSA) is 68.0 Å². The zero-order valence-corrected chi connectivity index (χ0v) is 14.7. The van der Waals surface area contributed by atoms with E-state index in [2.05, 4.69) is 21.0 Å². The number of para-hydroxylation sites is 2. The van der Waals surface area contributed by atoms with Crippen LogP contribution in [0.3, 0.4) is 0 Å². The van der Waals surface area contributed by atoms with Crippen molar-refractivity contribution in [3.8, 4) is 0 Å². The second-order valence-electron chi connectivity index (χ2n) is 6.60. The number of benzene rings is 1. The van der Waals surface area contributed by atoms with Gasteiger partial charge in [0.25, 0.3) is 0 Å². The van der Waals surface area contributed by atoms with E-state index in [9.17, 15) is 4.79 Å². The van der Waals surface area contributed by atoms with Crippen molar-refractivity contribution < 1.29 is 4.79 Å². The summed E-state index contributed by atoms with van der Waals surface area (Å²) in [5, 5.41) is 7.79. The number of aryl methyl sites for hydroxylation is 2. The van der Waals surface area contributed by atoms with Gasteiger partial charge in [-0.25, -0.2) is 4.98 Å². The van der Waals surface area contributed by atoms with Gasteiger partial charge in [-0.15, -0.1) is 0 Å². The Labute approximate surface area is 146 Å². The van der Waals surface area contributed by atoms with Gasteiger partial charge in [0.05, 0.1) is 29.3 Å². The fraction of sp³-hybridized carbons (Fsp3) is 0.389. The smallest absolute Gasteiger partial charge is 0.224 e. The zero-order valence-electron chi connectivity index (χ0n) is 14.7. The van der Waals surface area contributed by atoms with Gasteiger partial charge in [0.2, 0.25) is 5.91 Å². The molecule has 1 aromatic carbocycles. The van der Waals surface area contributed by atoms with Crippen molar-refractivity contribution in [2.24, 2.45) is 14.1 Å². The molecule has 0 spiro atoms. The highest BCUT2D eigenvalue weighted by Crippen LogP contribution is 2.31. The molecule has 25 heavy (non-hydrogen) atoms. The van der Waals surface area contributed by atoms with Gasteiger partial charge in [-0.05, 0) is 18.2 Å². The summed E-state index contributed by atoms with van der Waals surface area (Å²) in [5.74, 6) is 1.11. The molecule has 1 N–H and O–H groups in total. The normalized spacial score (nSPS) is 20.8. The van der Waals surface area contributed by atoms with E-state index in [0.717, 1.165) is 22.6 Å². The lowest BCUT2D eigenvalue weighted by atomic mass is 10.1. The molecule has 0 unspecified atom stereocenters. The molecular weight excluding hydrogens is 316 g/mol. The number of imidazole rings is 1. The summed E-state index contributed by atoms with van der Waals surface area (Å²) in [6.07, 6.45) is 2.25. The summed E-state index contributed by atoms with van der Waals surface area (Å²) in [7, 11) is 5.79. The van der Waals surface area contributed by atoms with Crippen LogP contribution in [0.1, 0.15) is 24.0 Å². The van der Waals surface area contributed by atoms with Crippen molar-refractivity contribution in [3.63, 3.8) is 0 Å². The number of nitrogens with zero attached hydrogens (tertiary/aromatic N) is 5. The van der Waals surface area contributed by atoms with Crippen molar-refractivity contribution in [3.05, 3.63) is 48.0 Å². The van der Waals surface area contributed by atoms with Gasteiger partial charge in [0.1, 0.15) is 5.82 Å². The maximum atomic E-state index is 12.3. The van der Waals surface area contributed by atoms with Crippen molar-refractivity contribution >= 4 is 16.9 Å². The third kappa shape index (κ3) is 2.60. The maximum absolute atomic E-state index is 12.3. The van der Waals surface area contributed by atoms with Crippen molar-refractivity contribution in [2.75, 3.05) is 7.05 Å². The minimum Gasteiger partial charge on any atom is -0.336 e. The number of carbonyl (C=O) groups is 1. The molecule has 0 radical (unpaired) electrons. The van der Waals surface area contributed by atoms with E-state index in [1.54, 1.807) is 6.20 Å². The summed E-state index contributed by atoms with van der Waals surface area (Å²) in [5.41, 5.74) is 3.14. The Hall–Kier alpha value is -2.67. The van der Waals surface area contributed by atoms with Crippen LogP contribution in [0.25, 0.3) is 11.0 Å². The fourth-order valence-corrected chi connectivity index (χ4v) is 3.71. The molecule has 4 rings (SSSR count). The van der Waals surface area contributed by atoms with Crippen LogP contribution in [0, 0.1) is 0 Å². The quantitative estimate of drug-likeness (QED) is 0.780. The van der Waals surface area contributed by atoms with Crippen LogP contribution < -0.4 is 5.32 Å². The number of hydrogen-bond acceptors (Lipinski definition) is 4. The molecular formula is C18H22N6O. The Bertz CT molecular complexity index is 927. The molecule has 130 valence electrons. The molecule has 0 saturated carbocycles. The van der Waals surface area contributed by atoms with Gasteiger partial charge in [-0.3, -0.25) is 9.48 Å². The molecule has 0 aliphatic carbocycles. The van der Waals surface area contributed by atoms with Gasteiger partial charge < -0.3 is 14.8 Å². The second kappa shape index (κ2) is 6.00. The highest BCUT2D eigenvalue weighted by atomic mass is 16.2. The SMILES string of the molecule is CN1C(=O)C[C@@H](NCc2nc3ccccc3n2C)[C@@H]1c1ccnn1C. The number of amides is 1. The number of likely N-dealkylation sites (tertiary alicyclic amines) is 1. The molecule has 3 aromatic rings. The highest BCUT2D eigenvalue weighted by molar-refractivity contribution is 5.80. The number of fused-ring (bicyclic) bond motifs is 1. The van der Waals surface area contributed by atoms with Crippen LogP contribution in [0.2, 0.25) is 0 Å². The van der Waals surface area contributed by atoms with Crippen LogP contribution in [0.5, 0.6) is 0 Å². The van der Waals surface area contributed by atoms with Crippen molar-refractivity contribution in [1.82, 2.24) is 29.5 Å². The van der Waals surface area contributed by atoms with E-state index in [4.69, 9.17) is 4.98 Å². The Morgan fingerprint density at radius 1 is 1.20 bits per heavy atom. The van der Waals surface area contributed by atoms with Crippen LogP contribution in [0.15, 0.2) is 36.5 Å². The molecule has 1 aliphatic heterocycles. The number of aromatic nitrogens is 4. The molecule has 2 atom stereocenters. The van der Waals surface area contributed by atoms with E-state index in [1.165, 1.54) is 0 Å². The molecule has 0 bridgehead atoms. The first-order valence-corrected chi connectivity index (χ1v) is 8.43. The maximum Gasteiger partial charge on any atom is 0.224 e. The molecule has 3 heterocycles. The molecule has 7 heteroatoms. The van der Waals surface area contributed by atoms with Gasteiger partial charge in [0.15, 0.2) is 0 Å². The second-order valence-corrected chi connectivity index (χ2v) is 6.60. The zero-order chi connectivity index (χ0) is 17.6. The molecule has 7 nitrogen and oxygen atoms in total. The minimum atomic E-state index is -0.0188. The lowest BCUT2D eigenvalue weighted by Gasteiger charge is -2.25. The van der Waals surface area contributed by atoms with E-state index >= 15 is 0 Å². The van der Waals surface area contributed by atoms with Gasteiger partial charge in [-0.1, -0.05) is 12.1 Å². The van der Waals surface area contributed by atoms with Gasteiger partial charge >= 0.3 is 0 Å².